The molecular weight excluding hydrogens is 271 g/mol. The zero-order chi connectivity index (χ0) is 15.7. The van der Waals surface area contributed by atoms with E-state index in [2.05, 4.69) is 5.10 Å². The predicted octanol–water partition coefficient (Wildman–Crippen LogP) is 2.78. The van der Waals surface area contributed by atoms with Crippen molar-refractivity contribution < 1.29 is 18.0 Å². The molecule has 0 aromatic carbocycles. The smallest absolute Gasteiger partial charge is 0.325 e. The van der Waals surface area contributed by atoms with Crippen LogP contribution in [-0.2, 0) is 7.05 Å². The van der Waals surface area contributed by atoms with Crippen molar-refractivity contribution in [1.29, 1.82) is 0 Å². The summed E-state index contributed by atoms with van der Waals surface area (Å²) in [5.74, 6) is -0.765. The van der Waals surface area contributed by atoms with Gasteiger partial charge in [0.2, 0.25) is 0 Å². The van der Waals surface area contributed by atoms with E-state index >= 15 is 0 Å². The van der Waals surface area contributed by atoms with Gasteiger partial charge in [-0.3, -0.25) is 9.48 Å². The summed E-state index contributed by atoms with van der Waals surface area (Å²) >= 11 is 0. The molecule has 0 aliphatic rings. The Balaban J connectivity index is 3.06. The first-order valence-electron chi connectivity index (χ1n) is 6.41. The minimum atomic E-state index is -4.43. The average Bonchev–Trinajstić information content (AvgIpc) is 2.63. The molecule has 0 aliphatic heterocycles. The first kappa shape index (κ1) is 16.5. The summed E-state index contributed by atoms with van der Waals surface area (Å²) in [6, 6.07) is 0.977. The molecule has 0 spiro atoms. The molecule has 114 valence electrons. The first-order valence-corrected chi connectivity index (χ1v) is 6.41. The summed E-state index contributed by atoms with van der Waals surface area (Å²) < 4.78 is 39.5. The second kappa shape index (κ2) is 5.85. The highest BCUT2D eigenvalue weighted by Crippen LogP contribution is 2.22. The van der Waals surface area contributed by atoms with E-state index in [-0.39, 0.29) is 11.6 Å². The summed E-state index contributed by atoms with van der Waals surface area (Å²) in [6.07, 6.45) is -4.43. The van der Waals surface area contributed by atoms with Gasteiger partial charge in [0.05, 0.1) is 0 Å². The Labute approximate surface area is 116 Å². The van der Waals surface area contributed by atoms with Gasteiger partial charge in [-0.2, -0.15) is 18.3 Å². The lowest BCUT2D eigenvalue weighted by Gasteiger charge is -2.32. The Morgan fingerprint density at radius 3 is 2.30 bits per heavy atom. The lowest BCUT2D eigenvalue weighted by atomic mass is 10.0. The fraction of sp³-hybridized carbons (Fsp3) is 0.692. The van der Waals surface area contributed by atoms with Gasteiger partial charge in [-0.1, -0.05) is 13.8 Å². The molecule has 4 nitrogen and oxygen atoms in total. The number of nitrogens with zero attached hydrogens (tertiary/aromatic N) is 3. The third-order valence-corrected chi connectivity index (χ3v) is 3.40. The quantitative estimate of drug-likeness (QED) is 0.855. The lowest BCUT2D eigenvalue weighted by molar-refractivity contribution is -0.145. The SMILES string of the molecule is Cc1cc(C(=O)N(CC(F)(F)F)[C@H](C)C(C)C)nn1C. The van der Waals surface area contributed by atoms with Gasteiger partial charge in [-0.05, 0) is 25.8 Å². The van der Waals surface area contributed by atoms with E-state index in [9.17, 15) is 18.0 Å². The largest absolute Gasteiger partial charge is 0.406 e. The molecule has 0 unspecified atom stereocenters. The number of aromatic nitrogens is 2. The molecule has 0 N–H and O–H groups in total. The number of amides is 1. The van der Waals surface area contributed by atoms with E-state index in [0.717, 1.165) is 10.6 Å². The Hall–Kier alpha value is -1.53. The molecular formula is C13H20F3N3O. The number of aryl methyl sites for hydroxylation is 2. The topological polar surface area (TPSA) is 38.1 Å². The number of alkyl halides is 3. The Kier molecular flexibility index (Phi) is 4.83. The summed E-state index contributed by atoms with van der Waals surface area (Å²) in [4.78, 5) is 13.1. The van der Waals surface area contributed by atoms with Gasteiger partial charge in [0.25, 0.3) is 5.91 Å². The molecule has 0 saturated heterocycles. The monoisotopic (exact) mass is 291 g/mol. The highest BCUT2D eigenvalue weighted by Gasteiger charge is 2.37. The first-order chi connectivity index (χ1) is 9.03. The van der Waals surface area contributed by atoms with E-state index < -0.39 is 24.7 Å². The molecule has 0 bridgehead atoms. The third kappa shape index (κ3) is 3.98. The zero-order valence-electron chi connectivity index (χ0n) is 12.3. The van der Waals surface area contributed by atoms with Crippen molar-refractivity contribution >= 4 is 5.91 Å². The van der Waals surface area contributed by atoms with Crippen LogP contribution in [0, 0.1) is 12.8 Å². The zero-order valence-corrected chi connectivity index (χ0v) is 12.3. The van der Waals surface area contributed by atoms with Crippen LogP contribution >= 0.6 is 0 Å². The van der Waals surface area contributed by atoms with Crippen molar-refractivity contribution in [2.24, 2.45) is 13.0 Å². The van der Waals surface area contributed by atoms with Crippen LogP contribution < -0.4 is 0 Å². The molecule has 1 aromatic rings. The number of carbonyl (C=O) groups is 1. The van der Waals surface area contributed by atoms with Gasteiger partial charge in [0.15, 0.2) is 5.69 Å². The number of hydrogen-bond donors (Lipinski definition) is 0. The van der Waals surface area contributed by atoms with Gasteiger partial charge in [0.1, 0.15) is 6.54 Å². The maximum atomic E-state index is 12.7. The van der Waals surface area contributed by atoms with E-state index in [1.165, 1.54) is 10.7 Å². The minimum Gasteiger partial charge on any atom is -0.325 e. The van der Waals surface area contributed by atoms with Gasteiger partial charge < -0.3 is 4.90 Å². The standard InChI is InChI=1S/C13H20F3N3O/c1-8(2)10(4)19(7-13(14,15)16)12(20)11-6-9(3)18(5)17-11/h6,8,10H,7H2,1-5H3/t10-/m1/s1. The Morgan fingerprint density at radius 2 is 1.95 bits per heavy atom. The molecule has 0 saturated carbocycles. The fourth-order valence-electron chi connectivity index (χ4n) is 1.77. The normalized spacial score (nSPS) is 13.7. The predicted molar refractivity (Wildman–Crippen MR) is 69.3 cm³/mol. The molecule has 7 heteroatoms. The number of rotatable bonds is 4. The molecule has 1 heterocycles. The van der Waals surface area contributed by atoms with Gasteiger partial charge in [-0.15, -0.1) is 0 Å². The summed E-state index contributed by atoms with van der Waals surface area (Å²) in [5.41, 5.74) is 0.763. The van der Waals surface area contributed by atoms with E-state index in [4.69, 9.17) is 0 Å². The molecule has 1 atom stereocenters. The van der Waals surface area contributed by atoms with Crippen molar-refractivity contribution in [2.75, 3.05) is 6.54 Å². The Bertz CT molecular complexity index is 460. The van der Waals surface area contributed by atoms with Gasteiger partial charge in [-0.25, -0.2) is 0 Å². The fourth-order valence-corrected chi connectivity index (χ4v) is 1.77. The maximum Gasteiger partial charge on any atom is 0.406 e. The van der Waals surface area contributed by atoms with Crippen LogP contribution in [0.4, 0.5) is 13.2 Å². The molecule has 0 fully saturated rings. The molecule has 0 radical (unpaired) electrons. The van der Waals surface area contributed by atoms with E-state index in [1.807, 2.05) is 0 Å². The molecule has 20 heavy (non-hydrogen) atoms. The van der Waals surface area contributed by atoms with Crippen molar-refractivity contribution in [3.05, 3.63) is 17.5 Å². The van der Waals surface area contributed by atoms with Crippen LogP contribution in [0.2, 0.25) is 0 Å². The third-order valence-electron chi connectivity index (χ3n) is 3.40. The van der Waals surface area contributed by atoms with Crippen LogP contribution in [0.1, 0.15) is 37.0 Å². The van der Waals surface area contributed by atoms with Crippen LogP contribution in [0.25, 0.3) is 0 Å². The van der Waals surface area contributed by atoms with Crippen LogP contribution in [0.5, 0.6) is 0 Å². The van der Waals surface area contributed by atoms with Crippen LogP contribution in [0.15, 0.2) is 6.07 Å². The van der Waals surface area contributed by atoms with Crippen molar-refractivity contribution in [1.82, 2.24) is 14.7 Å². The number of carbonyl (C=O) groups excluding carboxylic acids is 1. The van der Waals surface area contributed by atoms with Crippen molar-refractivity contribution in [3.8, 4) is 0 Å². The van der Waals surface area contributed by atoms with Crippen LogP contribution in [0.3, 0.4) is 0 Å². The average molecular weight is 291 g/mol. The van der Waals surface area contributed by atoms with Gasteiger partial charge in [0, 0.05) is 18.8 Å². The number of halogens is 3. The summed E-state index contributed by atoms with van der Waals surface area (Å²) in [5, 5.41) is 3.96. The second-order valence-corrected chi connectivity index (χ2v) is 5.33. The summed E-state index contributed by atoms with van der Waals surface area (Å²) in [6.45, 7) is 5.66. The Morgan fingerprint density at radius 1 is 1.40 bits per heavy atom. The van der Waals surface area contributed by atoms with Gasteiger partial charge >= 0.3 is 6.18 Å². The van der Waals surface area contributed by atoms with Crippen LogP contribution in [-0.4, -0.2) is 39.4 Å². The molecule has 1 amide bonds. The maximum absolute atomic E-state index is 12.7. The highest BCUT2D eigenvalue weighted by atomic mass is 19.4. The van der Waals surface area contributed by atoms with Crippen molar-refractivity contribution in [2.45, 2.75) is 39.9 Å². The lowest BCUT2D eigenvalue weighted by Crippen LogP contribution is -2.46. The molecule has 1 rings (SSSR count). The highest BCUT2D eigenvalue weighted by molar-refractivity contribution is 5.92. The van der Waals surface area contributed by atoms with Crippen molar-refractivity contribution in [3.63, 3.8) is 0 Å². The minimum absolute atomic E-state index is 0.0433. The van der Waals surface area contributed by atoms with E-state index in [1.54, 1.807) is 34.7 Å². The second-order valence-electron chi connectivity index (χ2n) is 5.33. The summed E-state index contributed by atoms with van der Waals surface area (Å²) in [7, 11) is 1.64. The van der Waals surface area contributed by atoms with E-state index in [0.29, 0.717) is 0 Å². The molecule has 0 aliphatic carbocycles. The number of hydrogen-bond acceptors (Lipinski definition) is 2. The molecule has 1 aromatic heterocycles.